The lowest BCUT2D eigenvalue weighted by Gasteiger charge is -2.14. The van der Waals surface area contributed by atoms with Crippen molar-refractivity contribution in [3.8, 4) is 0 Å². The molecule has 0 bridgehead atoms. The Bertz CT molecular complexity index is 289. The van der Waals surface area contributed by atoms with Gasteiger partial charge in [-0.15, -0.1) is 0 Å². The van der Waals surface area contributed by atoms with Gasteiger partial charge in [0.05, 0.1) is 0 Å². The number of aliphatic hydroxyl groups is 1. The second kappa shape index (κ2) is 3.97. The van der Waals surface area contributed by atoms with E-state index in [1.54, 1.807) is 12.1 Å². The molecule has 0 spiro atoms. The highest BCUT2D eigenvalue weighted by Gasteiger charge is 2.23. The molecule has 1 unspecified atom stereocenters. The molecule has 1 rings (SSSR count). The summed E-state index contributed by atoms with van der Waals surface area (Å²) in [4.78, 5) is 14.1. The smallest absolute Gasteiger partial charge is 0.323 e. The average molecular weight is 182 g/mol. The molecule has 0 saturated carbocycles. The monoisotopic (exact) mass is 182 g/mol. The molecule has 0 saturated heterocycles. The fourth-order valence-corrected chi connectivity index (χ4v) is 0.893. The first-order chi connectivity index (χ1) is 6.13. The minimum absolute atomic E-state index is 0.400. The Kier molecular flexibility index (Phi) is 2.94. The van der Waals surface area contributed by atoms with Crippen LogP contribution in [0.5, 0.6) is 0 Å². The van der Waals surface area contributed by atoms with Crippen molar-refractivity contribution in [3.63, 3.8) is 0 Å². The van der Waals surface area contributed by atoms with Crippen LogP contribution in [0.15, 0.2) is 24.5 Å². The molecule has 4 N–H and O–H groups in total. The summed E-state index contributed by atoms with van der Waals surface area (Å²) in [5.74, 6) is -1.24. The second-order valence-corrected chi connectivity index (χ2v) is 2.60. The number of nitrogens with zero attached hydrogens (tertiary/aromatic N) is 1. The van der Waals surface area contributed by atoms with Crippen LogP contribution < -0.4 is 5.73 Å². The molecular formula is C8H10N2O3. The number of carboxylic acids is 1. The van der Waals surface area contributed by atoms with E-state index in [9.17, 15) is 9.90 Å². The van der Waals surface area contributed by atoms with Crippen LogP contribution in [-0.2, 0) is 4.79 Å². The molecule has 1 aromatic rings. The Morgan fingerprint density at radius 3 is 2.77 bits per heavy atom. The predicted molar refractivity (Wildman–Crippen MR) is 44.8 cm³/mol. The van der Waals surface area contributed by atoms with E-state index in [-0.39, 0.29) is 0 Å². The van der Waals surface area contributed by atoms with Gasteiger partial charge in [-0.25, -0.2) is 0 Å². The number of rotatable bonds is 3. The molecule has 5 heteroatoms. The van der Waals surface area contributed by atoms with Gasteiger partial charge in [-0.3, -0.25) is 9.78 Å². The van der Waals surface area contributed by atoms with Gasteiger partial charge in [-0.2, -0.15) is 0 Å². The largest absolute Gasteiger partial charge is 0.480 e. The number of carboxylic acid groups (broad SMARTS) is 1. The second-order valence-electron chi connectivity index (χ2n) is 2.60. The van der Waals surface area contributed by atoms with Crippen molar-refractivity contribution >= 4 is 5.97 Å². The predicted octanol–water partition coefficient (Wildman–Crippen LogP) is -0.473. The lowest BCUT2D eigenvalue weighted by Crippen LogP contribution is -2.36. The van der Waals surface area contributed by atoms with Crippen molar-refractivity contribution in [1.29, 1.82) is 0 Å². The number of nitrogens with two attached hydrogens (primary N) is 1. The van der Waals surface area contributed by atoms with Gasteiger partial charge in [0.25, 0.3) is 0 Å². The zero-order chi connectivity index (χ0) is 9.84. The van der Waals surface area contributed by atoms with Crippen LogP contribution in [0.2, 0.25) is 0 Å². The number of carbonyl (C=O) groups is 1. The summed E-state index contributed by atoms with van der Waals surface area (Å²) < 4.78 is 0. The van der Waals surface area contributed by atoms with Crippen LogP contribution in [0.4, 0.5) is 0 Å². The van der Waals surface area contributed by atoms with Crippen LogP contribution in [-0.4, -0.2) is 27.2 Å². The normalized spacial score (nSPS) is 14.9. The standard InChI is InChI=1S/C8H10N2O3/c9-6(8(12)13)7(11)5-2-1-3-10-4-5/h1-4,6-7,11H,9H2,(H,12,13)/t6-,7?/m0/s1. The zero-order valence-electron chi connectivity index (χ0n) is 6.79. The van der Waals surface area contributed by atoms with Crippen molar-refractivity contribution in [2.24, 2.45) is 5.73 Å². The number of pyridine rings is 1. The minimum Gasteiger partial charge on any atom is -0.480 e. The van der Waals surface area contributed by atoms with Crippen molar-refractivity contribution in [2.75, 3.05) is 0 Å². The zero-order valence-corrected chi connectivity index (χ0v) is 6.79. The highest BCUT2D eigenvalue weighted by molar-refractivity contribution is 5.74. The molecule has 1 aromatic heterocycles. The maximum absolute atomic E-state index is 10.4. The Morgan fingerprint density at radius 1 is 1.62 bits per heavy atom. The van der Waals surface area contributed by atoms with Gasteiger partial charge in [0.15, 0.2) is 0 Å². The SMILES string of the molecule is N[C@H](C(=O)O)C(O)c1cccnc1. The Morgan fingerprint density at radius 2 is 2.31 bits per heavy atom. The van der Waals surface area contributed by atoms with Gasteiger partial charge in [0.1, 0.15) is 12.1 Å². The van der Waals surface area contributed by atoms with Crippen LogP contribution in [0.1, 0.15) is 11.7 Å². The number of aromatic nitrogens is 1. The van der Waals surface area contributed by atoms with Crippen LogP contribution in [0.3, 0.4) is 0 Å². The molecule has 0 radical (unpaired) electrons. The molecule has 13 heavy (non-hydrogen) atoms. The topological polar surface area (TPSA) is 96.4 Å². The van der Waals surface area contributed by atoms with E-state index in [4.69, 9.17) is 10.8 Å². The van der Waals surface area contributed by atoms with Crippen molar-refractivity contribution in [3.05, 3.63) is 30.1 Å². The van der Waals surface area contributed by atoms with Gasteiger partial charge in [-0.1, -0.05) is 6.07 Å². The molecule has 5 nitrogen and oxygen atoms in total. The van der Waals surface area contributed by atoms with E-state index in [1.165, 1.54) is 12.4 Å². The summed E-state index contributed by atoms with van der Waals surface area (Å²) in [5.41, 5.74) is 5.62. The maximum atomic E-state index is 10.4. The summed E-state index contributed by atoms with van der Waals surface area (Å²) in [6.07, 6.45) is 1.70. The molecule has 1 heterocycles. The molecule has 0 aliphatic rings. The fourth-order valence-electron chi connectivity index (χ4n) is 0.893. The first kappa shape index (κ1) is 9.63. The first-order valence-corrected chi connectivity index (χ1v) is 3.69. The summed E-state index contributed by atoms with van der Waals surface area (Å²) in [7, 11) is 0. The van der Waals surface area contributed by atoms with Gasteiger partial charge >= 0.3 is 5.97 Å². The average Bonchev–Trinajstić information content (AvgIpc) is 2.17. The molecule has 0 aliphatic heterocycles. The lowest BCUT2D eigenvalue weighted by atomic mass is 10.1. The third-order valence-corrected chi connectivity index (χ3v) is 1.65. The number of aliphatic carboxylic acids is 1. The van der Waals surface area contributed by atoms with E-state index < -0.39 is 18.1 Å². The number of hydrogen-bond acceptors (Lipinski definition) is 4. The van der Waals surface area contributed by atoms with E-state index in [0.717, 1.165) is 0 Å². The molecule has 2 atom stereocenters. The van der Waals surface area contributed by atoms with E-state index in [2.05, 4.69) is 4.98 Å². The van der Waals surface area contributed by atoms with E-state index >= 15 is 0 Å². The van der Waals surface area contributed by atoms with E-state index in [1.807, 2.05) is 0 Å². The van der Waals surface area contributed by atoms with Gasteiger partial charge < -0.3 is 15.9 Å². The van der Waals surface area contributed by atoms with Crippen LogP contribution in [0.25, 0.3) is 0 Å². The summed E-state index contributed by atoms with van der Waals surface area (Å²) >= 11 is 0. The summed E-state index contributed by atoms with van der Waals surface area (Å²) in [5, 5.41) is 17.9. The quantitative estimate of drug-likeness (QED) is 0.587. The Hall–Kier alpha value is -1.46. The van der Waals surface area contributed by atoms with Gasteiger partial charge in [-0.05, 0) is 6.07 Å². The summed E-state index contributed by atoms with van der Waals surface area (Å²) in [6, 6.07) is 1.86. The highest BCUT2D eigenvalue weighted by atomic mass is 16.4. The lowest BCUT2D eigenvalue weighted by molar-refractivity contribution is -0.141. The van der Waals surface area contributed by atoms with Crippen molar-refractivity contribution in [2.45, 2.75) is 12.1 Å². The van der Waals surface area contributed by atoms with Gasteiger partial charge in [0, 0.05) is 18.0 Å². The Labute approximate surface area is 74.8 Å². The third-order valence-electron chi connectivity index (χ3n) is 1.65. The minimum atomic E-state index is -1.32. The maximum Gasteiger partial charge on any atom is 0.323 e. The molecular weight excluding hydrogens is 172 g/mol. The molecule has 0 amide bonds. The number of hydrogen-bond donors (Lipinski definition) is 3. The molecule has 0 aromatic carbocycles. The Balaban J connectivity index is 2.79. The number of aliphatic hydroxyl groups excluding tert-OH is 1. The van der Waals surface area contributed by atoms with Crippen LogP contribution in [0, 0.1) is 0 Å². The van der Waals surface area contributed by atoms with E-state index in [0.29, 0.717) is 5.56 Å². The molecule has 70 valence electrons. The van der Waals surface area contributed by atoms with Gasteiger partial charge in [0.2, 0.25) is 0 Å². The molecule has 0 fully saturated rings. The van der Waals surface area contributed by atoms with Crippen LogP contribution >= 0.6 is 0 Å². The fraction of sp³-hybridized carbons (Fsp3) is 0.250. The third kappa shape index (κ3) is 2.24. The summed E-state index contributed by atoms with van der Waals surface area (Å²) in [6.45, 7) is 0. The van der Waals surface area contributed by atoms with Crippen molar-refractivity contribution < 1.29 is 15.0 Å². The molecule has 0 aliphatic carbocycles. The highest BCUT2D eigenvalue weighted by Crippen LogP contribution is 2.13. The first-order valence-electron chi connectivity index (χ1n) is 3.69. The van der Waals surface area contributed by atoms with Crippen molar-refractivity contribution in [1.82, 2.24) is 4.98 Å².